The van der Waals surface area contributed by atoms with Crippen LogP contribution in [0, 0.1) is 24.0 Å². The summed E-state index contributed by atoms with van der Waals surface area (Å²) in [4.78, 5) is 10.8. The van der Waals surface area contributed by atoms with Crippen LogP contribution in [0.5, 0.6) is 0 Å². The van der Waals surface area contributed by atoms with Crippen molar-refractivity contribution in [2.45, 2.75) is 20.8 Å². The molecule has 0 saturated carbocycles. The van der Waals surface area contributed by atoms with Gasteiger partial charge < -0.3 is 5.32 Å². The Bertz CT molecular complexity index is 1090. The fourth-order valence-corrected chi connectivity index (χ4v) is 2.84. The molecule has 0 fully saturated rings. The molecule has 1 aromatic heterocycles. The van der Waals surface area contributed by atoms with E-state index in [1.54, 1.807) is 32.0 Å². The number of para-hydroxylation sites is 2. The zero-order valence-electron chi connectivity index (χ0n) is 16.1. The van der Waals surface area contributed by atoms with Gasteiger partial charge in [0.2, 0.25) is 0 Å². The fraction of sp³-hybridized carbons (Fsp3) is 0.158. The predicted octanol–water partition coefficient (Wildman–Crippen LogP) is 3.50. The van der Waals surface area contributed by atoms with Gasteiger partial charge in [0, 0.05) is 11.8 Å². The Labute approximate surface area is 172 Å². The number of nitrogens with zero attached hydrogens (tertiary/aromatic N) is 5. The number of nitrogens with one attached hydrogen (secondary N) is 2. The first kappa shape index (κ1) is 20.1. The van der Waals surface area contributed by atoms with Crippen LogP contribution in [0.1, 0.15) is 23.9 Å². The van der Waals surface area contributed by atoms with Gasteiger partial charge in [-0.15, -0.1) is 5.10 Å². The minimum Gasteiger partial charge on any atom is -0.331 e. The quantitative estimate of drug-likeness (QED) is 0.287. The first-order valence-corrected chi connectivity index (χ1v) is 9.12. The molecule has 1 heterocycles. The molecule has 0 radical (unpaired) electrons. The van der Waals surface area contributed by atoms with Gasteiger partial charge in [-0.1, -0.05) is 35.0 Å². The Morgan fingerprint density at radius 2 is 1.86 bits per heavy atom. The van der Waals surface area contributed by atoms with E-state index in [0.717, 1.165) is 11.3 Å². The first-order chi connectivity index (χ1) is 13.9. The first-order valence-electron chi connectivity index (χ1n) is 8.71. The Balaban J connectivity index is 1.77. The molecule has 0 aliphatic rings. The van der Waals surface area contributed by atoms with Gasteiger partial charge in [0.1, 0.15) is 11.4 Å². The van der Waals surface area contributed by atoms with Crippen molar-refractivity contribution in [1.29, 1.82) is 0 Å². The summed E-state index contributed by atoms with van der Waals surface area (Å²) in [5.41, 5.74) is 6.73. The van der Waals surface area contributed by atoms with Crippen LogP contribution in [0.4, 0.5) is 11.4 Å². The smallest absolute Gasteiger partial charge is 0.294 e. The molecule has 0 aliphatic carbocycles. The lowest BCUT2D eigenvalue weighted by Gasteiger charge is -2.08. The van der Waals surface area contributed by atoms with Crippen LogP contribution >= 0.6 is 12.2 Å². The van der Waals surface area contributed by atoms with E-state index in [4.69, 9.17) is 12.2 Å². The summed E-state index contributed by atoms with van der Waals surface area (Å²) in [5, 5.41) is 27.1. The number of nitro groups is 1. The highest BCUT2D eigenvalue weighted by Crippen LogP contribution is 2.23. The minimum absolute atomic E-state index is 0.0526. The molecule has 0 saturated heterocycles. The largest absolute Gasteiger partial charge is 0.331 e. The van der Waals surface area contributed by atoms with Crippen molar-refractivity contribution in [1.82, 2.24) is 20.4 Å². The number of thiocarbonyl (C=S) groups is 1. The number of anilines is 1. The highest BCUT2D eigenvalue weighted by molar-refractivity contribution is 7.80. The van der Waals surface area contributed by atoms with Gasteiger partial charge in [0.15, 0.2) is 5.11 Å². The Kier molecular flexibility index (Phi) is 5.93. The van der Waals surface area contributed by atoms with Gasteiger partial charge >= 0.3 is 0 Å². The van der Waals surface area contributed by atoms with E-state index in [1.807, 2.05) is 31.2 Å². The van der Waals surface area contributed by atoms with Crippen molar-refractivity contribution >= 4 is 34.4 Å². The summed E-state index contributed by atoms with van der Waals surface area (Å²) >= 11 is 5.25. The molecule has 2 N–H and O–H groups in total. The minimum atomic E-state index is -0.451. The summed E-state index contributed by atoms with van der Waals surface area (Å²) < 4.78 is 1.43. The maximum absolute atomic E-state index is 11.3. The summed E-state index contributed by atoms with van der Waals surface area (Å²) in [7, 11) is 0. The highest BCUT2D eigenvalue weighted by atomic mass is 32.1. The van der Waals surface area contributed by atoms with Crippen molar-refractivity contribution in [3.63, 3.8) is 0 Å². The normalized spacial score (nSPS) is 11.2. The number of benzene rings is 2. The molecule has 2 aromatic carbocycles. The van der Waals surface area contributed by atoms with E-state index >= 15 is 0 Å². The van der Waals surface area contributed by atoms with Crippen molar-refractivity contribution in [3.05, 3.63) is 75.6 Å². The third-order valence-corrected chi connectivity index (χ3v) is 4.37. The SMILES string of the molecule is C/C(=N/NC(=S)Nc1ccc(C)cc1)c1nnn(-c2ccccc2[N+](=O)[O-])c1C. The number of aryl methyl sites for hydroxylation is 1. The number of hydrogen-bond donors (Lipinski definition) is 2. The third-order valence-electron chi connectivity index (χ3n) is 4.18. The van der Waals surface area contributed by atoms with Crippen molar-refractivity contribution < 1.29 is 4.92 Å². The predicted molar refractivity (Wildman–Crippen MR) is 115 cm³/mol. The number of aromatic nitrogens is 3. The molecule has 3 aromatic rings. The standard InChI is InChI=1S/C19H19N7O2S/c1-12-8-10-15(11-9-12)20-19(29)23-21-13(2)18-14(3)25(24-22-18)16-6-4-5-7-17(16)26(27)28/h4-11H,1-3H3,(H2,20,23,29)/b21-13-. The second kappa shape index (κ2) is 8.57. The molecule has 0 aliphatic heterocycles. The van der Waals surface area contributed by atoms with Crippen LogP contribution in [0.2, 0.25) is 0 Å². The third kappa shape index (κ3) is 4.61. The molecule has 0 amide bonds. The van der Waals surface area contributed by atoms with E-state index in [-0.39, 0.29) is 5.69 Å². The van der Waals surface area contributed by atoms with Gasteiger partial charge in [0.25, 0.3) is 5.69 Å². The second-order valence-electron chi connectivity index (χ2n) is 6.31. The van der Waals surface area contributed by atoms with Gasteiger partial charge in [-0.3, -0.25) is 15.5 Å². The van der Waals surface area contributed by atoms with Crippen LogP contribution in [0.15, 0.2) is 53.6 Å². The molecular weight excluding hydrogens is 390 g/mol. The van der Waals surface area contributed by atoms with Crippen LogP contribution in [-0.4, -0.2) is 30.7 Å². The van der Waals surface area contributed by atoms with Gasteiger partial charge in [-0.2, -0.15) is 5.10 Å². The van der Waals surface area contributed by atoms with Crippen molar-refractivity contribution in [2.75, 3.05) is 5.32 Å². The van der Waals surface area contributed by atoms with E-state index < -0.39 is 4.92 Å². The molecule has 29 heavy (non-hydrogen) atoms. The van der Waals surface area contributed by atoms with E-state index in [0.29, 0.717) is 27.9 Å². The van der Waals surface area contributed by atoms with Crippen LogP contribution in [-0.2, 0) is 0 Å². The lowest BCUT2D eigenvalue weighted by Crippen LogP contribution is -2.25. The lowest BCUT2D eigenvalue weighted by atomic mass is 10.2. The molecule has 0 bridgehead atoms. The Morgan fingerprint density at radius 3 is 2.55 bits per heavy atom. The Morgan fingerprint density at radius 1 is 1.17 bits per heavy atom. The maximum atomic E-state index is 11.3. The van der Waals surface area contributed by atoms with Crippen LogP contribution in [0.25, 0.3) is 5.69 Å². The number of nitro benzene ring substituents is 1. The summed E-state index contributed by atoms with van der Waals surface area (Å²) in [6.07, 6.45) is 0. The summed E-state index contributed by atoms with van der Waals surface area (Å²) in [6, 6.07) is 14.1. The number of hydrogen-bond acceptors (Lipinski definition) is 6. The van der Waals surface area contributed by atoms with E-state index in [2.05, 4.69) is 26.2 Å². The molecule has 10 heteroatoms. The molecular formula is C19H19N7O2S. The number of hydrazone groups is 1. The molecule has 0 atom stereocenters. The van der Waals surface area contributed by atoms with Crippen LogP contribution in [0.3, 0.4) is 0 Å². The molecule has 148 valence electrons. The fourth-order valence-electron chi connectivity index (χ4n) is 2.67. The molecule has 0 unspecified atom stereocenters. The van der Waals surface area contributed by atoms with Crippen molar-refractivity contribution in [2.24, 2.45) is 5.10 Å². The van der Waals surface area contributed by atoms with Crippen LogP contribution < -0.4 is 10.7 Å². The summed E-state index contributed by atoms with van der Waals surface area (Å²) in [5.74, 6) is 0. The molecule has 9 nitrogen and oxygen atoms in total. The zero-order valence-corrected chi connectivity index (χ0v) is 16.9. The lowest BCUT2D eigenvalue weighted by molar-refractivity contribution is -0.384. The summed E-state index contributed by atoms with van der Waals surface area (Å²) in [6.45, 7) is 5.53. The highest BCUT2D eigenvalue weighted by Gasteiger charge is 2.20. The van der Waals surface area contributed by atoms with Gasteiger partial charge in [-0.05, 0) is 51.2 Å². The average Bonchev–Trinajstić information content (AvgIpc) is 3.09. The average molecular weight is 409 g/mol. The van der Waals surface area contributed by atoms with E-state index in [9.17, 15) is 10.1 Å². The topological polar surface area (TPSA) is 110 Å². The second-order valence-corrected chi connectivity index (χ2v) is 6.72. The number of rotatable bonds is 5. The zero-order chi connectivity index (χ0) is 21.0. The Hall–Kier alpha value is -3.66. The van der Waals surface area contributed by atoms with Gasteiger partial charge in [0.05, 0.1) is 16.3 Å². The van der Waals surface area contributed by atoms with Gasteiger partial charge in [-0.25, -0.2) is 4.68 Å². The molecule has 0 spiro atoms. The van der Waals surface area contributed by atoms with Crippen molar-refractivity contribution in [3.8, 4) is 5.69 Å². The molecule has 3 rings (SSSR count). The maximum Gasteiger partial charge on any atom is 0.294 e. The van der Waals surface area contributed by atoms with E-state index in [1.165, 1.54) is 10.7 Å². The monoisotopic (exact) mass is 409 g/mol.